The van der Waals surface area contributed by atoms with Crippen LogP contribution in [0.15, 0.2) is 176 Å². The topological polar surface area (TPSA) is 38.7 Å². The lowest BCUT2D eigenvalue weighted by atomic mass is 9.95. The summed E-state index contributed by atoms with van der Waals surface area (Å²) in [5, 5.41) is 6.29. The average molecular weight is 617 g/mol. The predicted octanol–water partition coefficient (Wildman–Crippen LogP) is 11.7. The van der Waals surface area contributed by atoms with Gasteiger partial charge in [-0.25, -0.2) is 15.0 Å². The lowest BCUT2D eigenvalue weighted by Crippen LogP contribution is -2.00. The van der Waals surface area contributed by atoms with Gasteiger partial charge in [0.15, 0.2) is 17.5 Å². The first kappa shape index (κ1) is 23.0. The number of benzene rings is 8. The molecule has 0 atom stereocenters. The Labute approximate surface area is 285 Å². The molecule has 0 unspecified atom stereocenters. The van der Waals surface area contributed by atoms with Gasteiger partial charge in [-0.15, -0.1) is 0 Å². The highest BCUT2D eigenvalue weighted by Crippen LogP contribution is 2.35. The predicted molar refractivity (Wildman–Crippen MR) is 200 cm³/mol. The van der Waals surface area contributed by atoms with Crippen LogP contribution in [0.2, 0.25) is 0 Å². The molecule has 0 saturated heterocycles. The van der Waals surface area contributed by atoms with E-state index in [4.69, 9.17) is 21.8 Å². The molecule has 0 aliphatic rings. The van der Waals surface area contributed by atoms with Crippen molar-refractivity contribution in [2.45, 2.75) is 0 Å². The Kier molecular flexibility index (Phi) is 5.61. The molecule has 0 aliphatic heterocycles. The van der Waals surface area contributed by atoms with Gasteiger partial charge in [-0.1, -0.05) is 158 Å². The van der Waals surface area contributed by atoms with Crippen LogP contribution in [0.1, 0.15) is 6.85 Å². The second-order valence-corrected chi connectivity index (χ2v) is 11.7. The zero-order chi connectivity index (χ0) is 36.2. The lowest BCUT2D eigenvalue weighted by molar-refractivity contribution is 1.08. The minimum Gasteiger partial charge on any atom is -0.208 e. The third-order valence-corrected chi connectivity index (χ3v) is 8.78. The Morgan fingerprint density at radius 3 is 1.75 bits per heavy atom. The molecule has 9 aromatic rings. The van der Waals surface area contributed by atoms with Crippen molar-refractivity contribution in [2.24, 2.45) is 0 Å². The Hall–Kier alpha value is -6.45. The zero-order valence-corrected chi connectivity index (χ0v) is 25.7. The molecule has 1 aromatic heterocycles. The van der Waals surface area contributed by atoms with Gasteiger partial charge >= 0.3 is 0 Å². The number of nitrogens with zero attached hydrogens (tertiary/aromatic N) is 3. The number of aromatic nitrogens is 3. The van der Waals surface area contributed by atoms with Crippen LogP contribution < -0.4 is 0 Å². The average Bonchev–Trinajstić information content (AvgIpc) is 3.21. The molecule has 48 heavy (non-hydrogen) atoms. The van der Waals surface area contributed by atoms with E-state index in [9.17, 15) is 0 Å². The molecule has 9 rings (SSSR count). The molecule has 0 fully saturated rings. The van der Waals surface area contributed by atoms with E-state index in [0.29, 0.717) is 23.0 Å². The number of rotatable bonds is 5. The van der Waals surface area contributed by atoms with E-state index >= 15 is 0 Å². The molecular formula is C45H29N3. The fourth-order valence-electron chi connectivity index (χ4n) is 6.40. The molecule has 3 heteroatoms. The van der Waals surface area contributed by atoms with Gasteiger partial charge in [0, 0.05) is 16.7 Å². The van der Waals surface area contributed by atoms with Gasteiger partial charge in [0.2, 0.25) is 0 Å². The van der Waals surface area contributed by atoms with Gasteiger partial charge < -0.3 is 0 Å². The number of hydrogen-bond acceptors (Lipinski definition) is 3. The first-order chi connectivity index (χ1) is 25.8. The summed E-state index contributed by atoms with van der Waals surface area (Å²) in [6, 6.07) is 47.3. The molecule has 8 aromatic carbocycles. The highest BCUT2D eigenvalue weighted by atomic mass is 15.0. The summed E-state index contributed by atoms with van der Waals surface area (Å²) in [5.41, 5.74) is 5.56. The fraction of sp³-hybridized carbons (Fsp3) is 0. The molecule has 0 N–H and O–H groups in total. The van der Waals surface area contributed by atoms with Crippen molar-refractivity contribution in [1.82, 2.24) is 15.0 Å². The van der Waals surface area contributed by atoms with E-state index in [1.165, 1.54) is 16.3 Å². The maximum absolute atomic E-state index is 8.50. The summed E-state index contributed by atoms with van der Waals surface area (Å²) < 4.78 is 41.3. The normalized spacial score (nSPS) is 12.8. The van der Waals surface area contributed by atoms with Gasteiger partial charge in [-0.05, 0) is 72.8 Å². The van der Waals surface area contributed by atoms with Gasteiger partial charge in [0.05, 0.1) is 6.85 Å². The van der Waals surface area contributed by atoms with Crippen LogP contribution in [-0.4, -0.2) is 15.0 Å². The fourth-order valence-corrected chi connectivity index (χ4v) is 6.40. The molecular weight excluding hydrogens is 583 g/mol. The van der Waals surface area contributed by atoms with Crippen molar-refractivity contribution in [3.8, 4) is 56.4 Å². The Balaban J connectivity index is 1.16. The largest absolute Gasteiger partial charge is 0.208 e. The van der Waals surface area contributed by atoms with Crippen LogP contribution >= 0.6 is 0 Å². The molecule has 224 valence electrons. The molecule has 0 bridgehead atoms. The molecule has 0 amide bonds. The van der Waals surface area contributed by atoms with Crippen molar-refractivity contribution < 1.29 is 6.85 Å². The highest BCUT2D eigenvalue weighted by molar-refractivity contribution is 6.00. The van der Waals surface area contributed by atoms with Crippen molar-refractivity contribution >= 4 is 32.3 Å². The maximum atomic E-state index is 8.50. The third kappa shape index (κ3) is 5.08. The smallest absolute Gasteiger partial charge is 0.164 e. The standard InChI is InChI=1S/C45H29N3/c1-3-11-30(12-4-1)33-25-26-41-36(27-33)17-10-20-42(41)45-47-43(32-14-5-2-6-15-32)46-44(48-45)38-24-22-34-28-37(23-21-35(34)29-38)40-19-9-16-31-13-7-8-18-39(31)40/h1-29H/i1D,3D,4D,11D,12D. The van der Waals surface area contributed by atoms with Crippen LogP contribution in [0.3, 0.4) is 0 Å². The van der Waals surface area contributed by atoms with Crippen molar-refractivity contribution in [1.29, 1.82) is 0 Å². The first-order valence-corrected chi connectivity index (χ1v) is 15.8. The van der Waals surface area contributed by atoms with Crippen LogP contribution in [0.5, 0.6) is 0 Å². The summed E-state index contributed by atoms with van der Waals surface area (Å²) in [6.07, 6.45) is 0. The van der Waals surface area contributed by atoms with Crippen LogP contribution in [0.4, 0.5) is 0 Å². The molecule has 1 heterocycles. The van der Waals surface area contributed by atoms with Crippen LogP contribution in [-0.2, 0) is 0 Å². The van der Waals surface area contributed by atoms with Crippen molar-refractivity contribution in [2.75, 3.05) is 0 Å². The molecule has 3 nitrogen and oxygen atoms in total. The SMILES string of the molecule is [2H]c1c([2H])c([2H])c(-c2ccc3c(-c4nc(-c5ccccc5)nc(-c5ccc6cc(-c7cccc8ccccc78)ccc6c5)n4)cccc3c2)c([2H])c1[2H]. The van der Waals surface area contributed by atoms with Gasteiger partial charge in [-0.2, -0.15) is 0 Å². The lowest BCUT2D eigenvalue weighted by Gasteiger charge is -2.12. The Bertz CT molecular complexity index is 2880. The van der Waals surface area contributed by atoms with E-state index in [1.807, 2.05) is 60.7 Å². The summed E-state index contributed by atoms with van der Waals surface area (Å²) in [4.78, 5) is 15.0. The monoisotopic (exact) mass is 616 g/mol. The summed E-state index contributed by atoms with van der Waals surface area (Å²) >= 11 is 0. The summed E-state index contributed by atoms with van der Waals surface area (Å²) in [6.45, 7) is 0. The molecule has 0 spiro atoms. The van der Waals surface area contributed by atoms with Crippen molar-refractivity contribution in [3.05, 3.63) is 176 Å². The maximum Gasteiger partial charge on any atom is 0.164 e. The second-order valence-electron chi connectivity index (χ2n) is 11.7. The number of fused-ring (bicyclic) bond motifs is 3. The molecule has 0 saturated carbocycles. The second kappa shape index (κ2) is 11.7. The Morgan fingerprint density at radius 2 is 0.917 bits per heavy atom. The summed E-state index contributed by atoms with van der Waals surface area (Å²) in [7, 11) is 0. The summed E-state index contributed by atoms with van der Waals surface area (Å²) in [5.74, 6) is 1.59. The van der Waals surface area contributed by atoms with Crippen molar-refractivity contribution in [3.63, 3.8) is 0 Å². The quantitative estimate of drug-likeness (QED) is 0.193. The van der Waals surface area contributed by atoms with Gasteiger partial charge in [0.1, 0.15) is 0 Å². The van der Waals surface area contributed by atoms with E-state index < -0.39 is 6.04 Å². The minimum atomic E-state index is -0.413. The van der Waals surface area contributed by atoms with Crippen LogP contribution in [0.25, 0.3) is 88.7 Å². The van der Waals surface area contributed by atoms with Gasteiger partial charge in [0.25, 0.3) is 0 Å². The highest BCUT2D eigenvalue weighted by Gasteiger charge is 2.15. The number of hydrogen-bond donors (Lipinski definition) is 0. The molecule has 0 radical (unpaired) electrons. The van der Waals surface area contributed by atoms with Gasteiger partial charge in [-0.3, -0.25) is 0 Å². The van der Waals surface area contributed by atoms with E-state index in [2.05, 4.69) is 78.9 Å². The minimum absolute atomic E-state index is 0.164. The third-order valence-electron chi connectivity index (χ3n) is 8.78. The first-order valence-electron chi connectivity index (χ1n) is 18.3. The Morgan fingerprint density at radius 1 is 0.333 bits per heavy atom. The van der Waals surface area contributed by atoms with E-state index in [-0.39, 0.29) is 29.7 Å². The van der Waals surface area contributed by atoms with Crippen LogP contribution in [0, 0.1) is 0 Å². The van der Waals surface area contributed by atoms with E-state index in [1.54, 1.807) is 6.07 Å². The molecule has 0 aliphatic carbocycles. The zero-order valence-electron chi connectivity index (χ0n) is 30.7. The van der Waals surface area contributed by atoms with E-state index in [0.717, 1.165) is 43.8 Å².